The maximum absolute atomic E-state index is 12.5. The first-order valence-electron chi connectivity index (χ1n) is 8.85. The number of thiazole rings is 1. The zero-order valence-electron chi connectivity index (χ0n) is 15.6. The fraction of sp³-hybridized carbons (Fsp3) is 0.182. The predicted molar refractivity (Wildman–Crippen MR) is 112 cm³/mol. The predicted octanol–water partition coefficient (Wildman–Crippen LogP) is 5.61. The number of fused-ring (bicyclic) bond motifs is 1. The average molecular weight is 375 g/mol. The first-order valence-corrected chi connectivity index (χ1v) is 9.73. The van der Waals surface area contributed by atoms with Gasteiger partial charge < -0.3 is 5.32 Å². The SMILES string of the molecule is CC(C)(C)c1ccc(C(=O)Nc2ccc(-c3cn4ccsc4n3)cc2)cc1. The third kappa shape index (κ3) is 3.64. The molecule has 1 amide bonds. The molecule has 2 heterocycles. The number of nitrogens with one attached hydrogen (secondary N) is 1. The summed E-state index contributed by atoms with van der Waals surface area (Å²) in [5.41, 5.74) is 4.66. The Morgan fingerprint density at radius 2 is 1.74 bits per heavy atom. The van der Waals surface area contributed by atoms with Gasteiger partial charge in [0.05, 0.1) is 5.69 Å². The number of carbonyl (C=O) groups is 1. The normalized spacial score (nSPS) is 11.7. The number of carbonyl (C=O) groups excluding carboxylic acids is 1. The first-order chi connectivity index (χ1) is 12.9. The minimum absolute atomic E-state index is 0.0759. The highest BCUT2D eigenvalue weighted by atomic mass is 32.1. The van der Waals surface area contributed by atoms with Crippen LogP contribution < -0.4 is 5.32 Å². The number of rotatable bonds is 3. The standard InChI is InChI=1S/C22H21N3OS/c1-22(2,3)17-8-4-16(5-9-17)20(26)23-18-10-6-15(7-11-18)19-14-25-12-13-27-21(25)24-19/h4-14H,1-3H3,(H,23,26). The van der Waals surface area contributed by atoms with Crippen LogP contribution in [0.2, 0.25) is 0 Å². The van der Waals surface area contributed by atoms with Crippen molar-refractivity contribution in [1.29, 1.82) is 0 Å². The van der Waals surface area contributed by atoms with Crippen molar-refractivity contribution in [3.63, 3.8) is 0 Å². The number of amides is 1. The van der Waals surface area contributed by atoms with Crippen LogP contribution in [0.4, 0.5) is 5.69 Å². The van der Waals surface area contributed by atoms with E-state index in [-0.39, 0.29) is 11.3 Å². The van der Waals surface area contributed by atoms with E-state index in [4.69, 9.17) is 0 Å². The lowest BCUT2D eigenvalue weighted by Gasteiger charge is -2.19. The van der Waals surface area contributed by atoms with Gasteiger partial charge in [0.1, 0.15) is 0 Å². The highest BCUT2D eigenvalue weighted by Crippen LogP contribution is 2.24. The summed E-state index contributed by atoms with van der Waals surface area (Å²) in [7, 11) is 0. The Balaban J connectivity index is 1.47. The van der Waals surface area contributed by atoms with Gasteiger partial charge >= 0.3 is 0 Å². The summed E-state index contributed by atoms with van der Waals surface area (Å²) in [5.74, 6) is -0.106. The molecule has 0 aliphatic carbocycles. The lowest BCUT2D eigenvalue weighted by atomic mass is 9.87. The van der Waals surface area contributed by atoms with E-state index in [0.29, 0.717) is 5.56 Å². The van der Waals surface area contributed by atoms with Crippen LogP contribution in [0, 0.1) is 0 Å². The number of hydrogen-bond acceptors (Lipinski definition) is 3. The fourth-order valence-corrected chi connectivity index (χ4v) is 3.62. The van der Waals surface area contributed by atoms with Gasteiger partial charge in [0, 0.05) is 34.6 Å². The smallest absolute Gasteiger partial charge is 0.255 e. The molecule has 0 bridgehead atoms. The molecule has 0 saturated heterocycles. The Morgan fingerprint density at radius 3 is 2.37 bits per heavy atom. The molecule has 2 aromatic heterocycles. The number of anilines is 1. The van der Waals surface area contributed by atoms with E-state index in [9.17, 15) is 4.79 Å². The van der Waals surface area contributed by atoms with Gasteiger partial charge in [-0.3, -0.25) is 9.20 Å². The first kappa shape index (κ1) is 17.5. The van der Waals surface area contributed by atoms with Gasteiger partial charge in [0.25, 0.3) is 5.91 Å². The van der Waals surface area contributed by atoms with Gasteiger partial charge in [0.2, 0.25) is 0 Å². The fourth-order valence-electron chi connectivity index (χ4n) is 2.92. The maximum Gasteiger partial charge on any atom is 0.255 e. The minimum atomic E-state index is -0.106. The van der Waals surface area contributed by atoms with Gasteiger partial charge in [-0.25, -0.2) is 4.98 Å². The summed E-state index contributed by atoms with van der Waals surface area (Å²) in [6.07, 6.45) is 4.01. The molecule has 4 aromatic rings. The molecule has 0 atom stereocenters. The molecule has 0 unspecified atom stereocenters. The minimum Gasteiger partial charge on any atom is -0.322 e. The molecule has 136 valence electrons. The van der Waals surface area contributed by atoms with E-state index >= 15 is 0 Å². The highest BCUT2D eigenvalue weighted by Gasteiger charge is 2.14. The van der Waals surface area contributed by atoms with E-state index in [2.05, 4.69) is 31.1 Å². The van der Waals surface area contributed by atoms with Crippen LogP contribution >= 0.6 is 11.3 Å². The molecular formula is C22H21N3OS. The van der Waals surface area contributed by atoms with Crippen LogP contribution in [0.1, 0.15) is 36.7 Å². The van der Waals surface area contributed by atoms with Crippen molar-refractivity contribution < 1.29 is 4.79 Å². The summed E-state index contributed by atoms with van der Waals surface area (Å²) in [4.78, 5) is 18.1. The van der Waals surface area contributed by atoms with Gasteiger partial charge in [-0.15, -0.1) is 11.3 Å². The second-order valence-electron chi connectivity index (χ2n) is 7.58. The summed E-state index contributed by atoms with van der Waals surface area (Å²) in [6.45, 7) is 6.48. The van der Waals surface area contributed by atoms with Crippen molar-refractivity contribution in [3.05, 3.63) is 77.4 Å². The lowest BCUT2D eigenvalue weighted by Crippen LogP contribution is -2.14. The quantitative estimate of drug-likeness (QED) is 0.506. The van der Waals surface area contributed by atoms with Crippen molar-refractivity contribution in [2.24, 2.45) is 0 Å². The van der Waals surface area contributed by atoms with Gasteiger partial charge in [-0.2, -0.15) is 0 Å². The Hall–Kier alpha value is -2.92. The Kier molecular flexibility index (Phi) is 4.32. The largest absolute Gasteiger partial charge is 0.322 e. The summed E-state index contributed by atoms with van der Waals surface area (Å²) >= 11 is 1.61. The second-order valence-corrected chi connectivity index (χ2v) is 8.45. The average Bonchev–Trinajstić information content (AvgIpc) is 3.24. The Bertz CT molecular complexity index is 1050. The molecule has 1 N–H and O–H groups in total. The van der Waals surface area contributed by atoms with E-state index in [1.807, 2.05) is 70.7 Å². The third-order valence-electron chi connectivity index (χ3n) is 4.54. The van der Waals surface area contributed by atoms with Crippen LogP contribution in [0.3, 0.4) is 0 Å². The molecule has 5 heteroatoms. The zero-order chi connectivity index (χ0) is 19.0. The summed E-state index contributed by atoms with van der Waals surface area (Å²) < 4.78 is 2.01. The number of nitrogens with zero attached hydrogens (tertiary/aromatic N) is 2. The number of hydrogen-bond donors (Lipinski definition) is 1. The molecule has 2 aromatic carbocycles. The van der Waals surface area contributed by atoms with Crippen LogP contribution in [0.5, 0.6) is 0 Å². The van der Waals surface area contributed by atoms with Crippen molar-refractivity contribution >= 4 is 27.9 Å². The van der Waals surface area contributed by atoms with E-state index in [1.54, 1.807) is 11.3 Å². The second kappa shape index (κ2) is 6.67. The van der Waals surface area contributed by atoms with Crippen molar-refractivity contribution in [1.82, 2.24) is 9.38 Å². The van der Waals surface area contributed by atoms with E-state index in [0.717, 1.165) is 21.9 Å². The van der Waals surface area contributed by atoms with Crippen LogP contribution in [-0.2, 0) is 5.41 Å². The Labute approximate surface area is 162 Å². The molecule has 0 radical (unpaired) electrons. The molecule has 0 fully saturated rings. The van der Waals surface area contributed by atoms with Crippen LogP contribution in [-0.4, -0.2) is 15.3 Å². The van der Waals surface area contributed by atoms with Crippen LogP contribution in [0.25, 0.3) is 16.2 Å². The molecule has 27 heavy (non-hydrogen) atoms. The topological polar surface area (TPSA) is 46.4 Å². The van der Waals surface area contributed by atoms with Crippen LogP contribution in [0.15, 0.2) is 66.3 Å². The maximum atomic E-state index is 12.5. The number of aromatic nitrogens is 2. The van der Waals surface area contributed by atoms with Gasteiger partial charge in [-0.05, 0) is 35.2 Å². The van der Waals surface area contributed by atoms with Crippen molar-refractivity contribution in [2.45, 2.75) is 26.2 Å². The molecule has 0 aliphatic heterocycles. The van der Waals surface area contributed by atoms with Gasteiger partial charge in [-0.1, -0.05) is 45.0 Å². The summed E-state index contributed by atoms with van der Waals surface area (Å²) in [6, 6.07) is 15.6. The molecule has 0 spiro atoms. The molecular weight excluding hydrogens is 354 g/mol. The molecule has 0 saturated carbocycles. The highest BCUT2D eigenvalue weighted by molar-refractivity contribution is 7.15. The van der Waals surface area contributed by atoms with Crippen molar-refractivity contribution in [3.8, 4) is 11.3 Å². The summed E-state index contributed by atoms with van der Waals surface area (Å²) in [5, 5.41) is 4.97. The zero-order valence-corrected chi connectivity index (χ0v) is 16.4. The lowest BCUT2D eigenvalue weighted by molar-refractivity contribution is 0.102. The Morgan fingerprint density at radius 1 is 1.04 bits per heavy atom. The molecule has 4 nitrogen and oxygen atoms in total. The van der Waals surface area contributed by atoms with Gasteiger partial charge in [0.15, 0.2) is 4.96 Å². The number of benzene rings is 2. The third-order valence-corrected chi connectivity index (χ3v) is 5.32. The monoisotopic (exact) mass is 375 g/mol. The van der Waals surface area contributed by atoms with E-state index < -0.39 is 0 Å². The van der Waals surface area contributed by atoms with Crippen molar-refractivity contribution in [2.75, 3.05) is 5.32 Å². The number of imidazole rings is 1. The molecule has 4 rings (SSSR count). The van der Waals surface area contributed by atoms with E-state index in [1.165, 1.54) is 5.56 Å². The molecule has 0 aliphatic rings.